The lowest BCUT2D eigenvalue weighted by Crippen LogP contribution is -2.25. The molecule has 7 heteroatoms. The highest BCUT2D eigenvalue weighted by Crippen LogP contribution is 2.31. The Morgan fingerprint density at radius 1 is 0.952 bits per heavy atom. The third-order valence-electron chi connectivity index (χ3n) is 3.05. The van der Waals surface area contributed by atoms with E-state index in [9.17, 15) is 13.2 Å². The molecule has 0 aliphatic rings. The van der Waals surface area contributed by atoms with Crippen molar-refractivity contribution in [2.45, 2.75) is 18.7 Å². The maximum Gasteiger partial charge on any atom is 0.179 e. The van der Waals surface area contributed by atoms with Gasteiger partial charge in [-0.2, -0.15) is 10.5 Å². The Kier molecular flexibility index (Phi) is 6.54. The minimum Gasteiger partial charge on any atom is -0.303 e. The van der Waals surface area contributed by atoms with Crippen LogP contribution in [0.25, 0.3) is 0 Å². The van der Waals surface area contributed by atoms with Crippen molar-refractivity contribution >= 4 is 11.8 Å². The topological polar surface area (TPSA) is 50.8 Å². The summed E-state index contributed by atoms with van der Waals surface area (Å²) >= 11 is 0.803. The van der Waals surface area contributed by atoms with Crippen molar-refractivity contribution < 1.29 is 13.2 Å². The summed E-state index contributed by atoms with van der Waals surface area (Å²) in [6, 6.07) is 2.74. The summed E-state index contributed by atoms with van der Waals surface area (Å²) < 4.78 is 41.5. The minimum atomic E-state index is -1.47. The third kappa shape index (κ3) is 3.69. The second-order valence-electron chi connectivity index (χ2n) is 4.12. The van der Waals surface area contributed by atoms with Crippen LogP contribution < -0.4 is 0 Å². The van der Waals surface area contributed by atoms with E-state index < -0.39 is 33.5 Å². The molecule has 0 saturated carbocycles. The molecular formula is C14H14F3N3S. The Morgan fingerprint density at radius 2 is 1.48 bits per heavy atom. The summed E-state index contributed by atoms with van der Waals surface area (Å²) in [5, 5.41) is 17.5. The molecule has 1 rings (SSSR count). The number of benzene rings is 1. The summed E-state index contributed by atoms with van der Waals surface area (Å²) in [6.45, 7) is 6.11. The van der Waals surface area contributed by atoms with Gasteiger partial charge in [-0.15, -0.1) is 11.8 Å². The maximum atomic E-state index is 14.0. The number of nitrogens with zero attached hydrogens (tertiary/aromatic N) is 3. The first-order valence-electron chi connectivity index (χ1n) is 6.37. The van der Waals surface area contributed by atoms with Gasteiger partial charge in [-0.1, -0.05) is 13.8 Å². The molecule has 0 aliphatic heterocycles. The summed E-state index contributed by atoms with van der Waals surface area (Å²) in [5.74, 6) is -3.70. The van der Waals surface area contributed by atoms with Crippen molar-refractivity contribution in [2.75, 3.05) is 25.4 Å². The van der Waals surface area contributed by atoms with Gasteiger partial charge in [0.15, 0.2) is 17.5 Å². The molecule has 112 valence electrons. The van der Waals surface area contributed by atoms with Gasteiger partial charge in [0.05, 0.1) is 4.90 Å². The smallest absolute Gasteiger partial charge is 0.179 e. The van der Waals surface area contributed by atoms with Gasteiger partial charge in [0, 0.05) is 12.3 Å². The minimum absolute atomic E-state index is 0.353. The van der Waals surface area contributed by atoms with Crippen LogP contribution in [0, 0.1) is 40.1 Å². The molecule has 1 aromatic rings. The van der Waals surface area contributed by atoms with Crippen molar-refractivity contribution in [1.29, 1.82) is 10.5 Å². The van der Waals surface area contributed by atoms with Gasteiger partial charge in [-0.05, 0) is 13.1 Å². The van der Waals surface area contributed by atoms with E-state index in [1.54, 1.807) is 0 Å². The molecular weight excluding hydrogens is 299 g/mol. The summed E-state index contributed by atoms with van der Waals surface area (Å²) in [4.78, 5) is 1.50. The van der Waals surface area contributed by atoms with E-state index in [1.807, 2.05) is 18.7 Å². The molecule has 0 aliphatic carbocycles. The van der Waals surface area contributed by atoms with Gasteiger partial charge in [-0.25, -0.2) is 13.2 Å². The molecule has 0 N–H and O–H groups in total. The Labute approximate surface area is 126 Å². The van der Waals surface area contributed by atoms with E-state index in [1.165, 1.54) is 12.1 Å². The molecule has 0 saturated heterocycles. The second-order valence-corrected chi connectivity index (χ2v) is 5.23. The monoisotopic (exact) mass is 313 g/mol. The van der Waals surface area contributed by atoms with Gasteiger partial charge in [-0.3, -0.25) is 0 Å². The Hall–Kier alpha value is -1.70. The maximum absolute atomic E-state index is 14.0. The second kappa shape index (κ2) is 7.92. The molecule has 0 unspecified atom stereocenters. The van der Waals surface area contributed by atoms with Gasteiger partial charge in [0.25, 0.3) is 0 Å². The molecule has 0 radical (unpaired) electrons. The lowest BCUT2D eigenvalue weighted by atomic mass is 10.1. The molecule has 0 atom stereocenters. The van der Waals surface area contributed by atoms with Crippen molar-refractivity contribution in [2.24, 2.45) is 0 Å². The van der Waals surface area contributed by atoms with E-state index >= 15 is 0 Å². The van der Waals surface area contributed by atoms with E-state index in [2.05, 4.69) is 0 Å². The van der Waals surface area contributed by atoms with Crippen molar-refractivity contribution in [3.05, 3.63) is 28.6 Å². The highest BCUT2D eigenvalue weighted by atomic mass is 32.2. The van der Waals surface area contributed by atoms with Crippen LogP contribution in [0.2, 0.25) is 0 Å². The zero-order chi connectivity index (χ0) is 16.0. The Morgan fingerprint density at radius 3 is 1.95 bits per heavy atom. The van der Waals surface area contributed by atoms with Crippen LogP contribution >= 0.6 is 11.8 Å². The third-order valence-corrected chi connectivity index (χ3v) is 4.09. The zero-order valence-electron chi connectivity index (χ0n) is 11.7. The van der Waals surface area contributed by atoms with Gasteiger partial charge >= 0.3 is 0 Å². The fourth-order valence-corrected chi connectivity index (χ4v) is 2.79. The Balaban J connectivity index is 3.07. The number of hydrogen-bond acceptors (Lipinski definition) is 4. The lowest BCUT2D eigenvalue weighted by molar-refractivity contribution is 0.323. The molecule has 3 nitrogen and oxygen atoms in total. The molecule has 0 heterocycles. The number of hydrogen-bond donors (Lipinski definition) is 0. The summed E-state index contributed by atoms with van der Waals surface area (Å²) in [5.41, 5.74) is -1.64. The Bertz CT molecular complexity index is 601. The lowest BCUT2D eigenvalue weighted by Gasteiger charge is -2.17. The largest absolute Gasteiger partial charge is 0.303 e. The van der Waals surface area contributed by atoms with Crippen LogP contribution in [-0.2, 0) is 0 Å². The average Bonchev–Trinajstić information content (AvgIpc) is 2.50. The predicted molar refractivity (Wildman–Crippen MR) is 74.3 cm³/mol. The van der Waals surface area contributed by atoms with Crippen molar-refractivity contribution in [1.82, 2.24) is 4.90 Å². The van der Waals surface area contributed by atoms with E-state index in [-0.39, 0.29) is 0 Å². The molecule has 1 aromatic carbocycles. The van der Waals surface area contributed by atoms with Crippen LogP contribution in [0.3, 0.4) is 0 Å². The van der Waals surface area contributed by atoms with E-state index in [4.69, 9.17) is 10.5 Å². The molecule has 0 bridgehead atoms. The highest BCUT2D eigenvalue weighted by molar-refractivity contribution is 7.99. The van der Waals surface area contributed by atoms with Crippen LogP contribution in [0.5, 0.6) is 0 Å². The summed E-state index contributed by atoms with van der Waals surface area (Å²) in [6.07, 6.45) is 0. The molecule has 21 heavy (non-hydrogen) atoms. The summed E-state index contributed by atoms with van der Waals surface area (Å²) in [7, 11) is 0. The number of thioether (sulfide) groups is 1. The quantitative estimate of drug-likeness (QED) is 0.597. The molecule has 0 aromatic heterocycles. The van der Waals surface area contributed by atoms with Crippen LogP contribution in [0.15, 0.2) is 4.90 Å². The first-order valence-corrected chi connectivity index (χ1v) is 7.36. The first kappa shape index (κ1) is 17.4. The zero-order valence-corrected chi connectivity index (χ0v) is 12.5. The fraction of sp³-hybridized carbons (Fsp3) is 0.429. The number of nitriles is 2. The molecule has 0 spiro atoms. The van der Waals surface area contributed by atoms with Crippen LogP contribution in [0.4, 0.5) is 13.2 Å². The number of halogens is 3. The van der Waals surface area contributed by atoms with Crippen molar-refractivity contribution in [3.8, 4) is 12.1 Å². The predicted octanol–water partition coefficient (Wildman–Crippen LogP) is 3.28. The van der Waals surface area contributed by atoms with E-state index in [0.717, 1.165) is 24.9 Å². The van der Waals surface area contributed by atoms with Gasteiger partial charge < -0.3 is 4.90 Å². The molecule has 0 fully saturated rings. The van der Waals surface area contributed by atoms with E-state index in [0.29, 0.717) is 12.3 Å². The fourth-order valence-electron chi connectivity index (χ4n) is 1.79. The standard InChI is InChI=1S/C14H14F3N3S/c1-3-20(4-2)5-6-21-14-12(16)10(8-19)9(7-18)11(15)13(14)17/h3-6H2,1-2H3. The normalized spacial score (nSPS) is 10.5. The average molecular weight is 313 g/mol. The van der Waals surface area contributed by atoms with Crippen LogP contribution in [-0.4, -0.2) is 30.3 Å². The SMILES string of the molecule is CCN(CC)CCSc1c(F)c(F)c(C#N)c(C#N)c1F. The van der Waals surface area contributed by atoms with Crippen LogP contribution in [0.1, 0.15) is 25.0 Å². The molecule has 0 amide bonds. The van der Waals surface area contributed by atoms with Crippen molar-refractivity contribution in [3.63, 3.8) is 0 Å². The van der Waals surface area contributed by atoms with Gasteiger partial charge in [0.2, 0.25) is 0 Å². The van der Waals surface area contributed by atoms with Gasteiger partial charge in [0.1, 0.15) is 23.3 Å². The highest BCUT2D eigenvalue weighted by Gasteiger charge is 2.25. The number of rotatable bonds is 6. The first-order chi connectivity index (χ1) is 10.0.